The Labute approximate surface area is 114 Å². The van der Waals surface area contributed by atoms with E-state index in [-0.39, 0.29) is 12.1 Å². The highest BCUT2D eigenvalue weighted by Gasteiger charge is 2.11. The molecule has 0 radical (unpaired) electrons. The van der Waals surface area contributed by atoms with Crippen LogP contribution in [-0.4, -0.2) is 27.1 Å². The van der Waals surface area contributed by atoms with Crippen molar-refractivity contribution in [3.8, 4) is 6.01 Å². The summed E-state index contributed by atoms with van der Waals surface area (Å²) in [7, 11) is 0. The van der Waals surface area contributed by atoms with Gasteiger partial charge >= 0.3 is 6.01 Å². The summed E-state index contributed by atoms with van der Waals surface area (Å²) < 4.78 is 5.47. The van der Waals surface area contributed by atoms with Crippen LogP contribution in [0.15, 0.2) is 0 Å². The lowest BCUT2D eigenvalue weighted by Crippen LogP contribution is -2.22. The average molecular weight is 268 g/mol. The molecule has 0 saturated heterocycles. The largest absolute Gasteiger partial charge is 0.461 e. The number of aromatic nitrogens is 3. The summed E-state index contributed by atoms with van der Waals surface area (Å²) in [6, 6.07) is 0.608. The van der Waals surface area contributed by atoms with Crippen LogP contribution in [0.25, 0.3) is 0 Å². The number of nitrogens with two attached hydrogens (primary N) is 1. The summed E-state index contributed by atoms with van der Waals surface area (Å²) in [5, 5.41) is 3.28. The molecule has 1 atom stereocenters. The first-order valence-electron chi connectivity index (χ1n) is 6.74. The molecule has 1 rings (SSSR count). The van der Waals surface area contributed by atoms with E-state index in [0.717, 1.165) is 19.3 Å². The Morgan fingerprint density at radius 2 is 1.84 bits per heavy atom. The minimum absolute atomic E-state index is 0.00140. The Bertz CT molecular complexity index is 384. The summed E-state index contributed by atoms with van der Waals surface area (Å²) in [5.74, 6) is 6.13. The second-order valence-electron chi connectivity index (χ2n) is 4.61. The Balaban J connectivity index is 2.86. The fraction of sp³-hybridized carbons (Fsp3) is 0.750. The molecule has 7 nitrogen and oxygen atoms in total. The van der Waals surface area contributed by atoms with Gasteiger partial charge in [-0.2, -0.15) is 15.0 Å². The Hall–Kier alpha value is -1.63. The molecule has 1 unspecified atom stereocenters. The van der Waals surface area contributed by atoms with Crippen molar-refractivity contribution >= 4 is 11.9 Å². The summed E-state index contributed by atoms with van der Waals surface area (Å²) >= 11 is 0. The lowest BCUT2D eigenvalue weighted by molar-refractivity contribution is 0.222. The normalized spacial score (nSPS) is 12.3. The van der Waals surface area contributed by atoms with Crippen LogP contribution in [0.4, 0.5) is 11.9 Å². The molecule has 4 N–H and O–H groups in total. The number of nitrogen functional groups attached to an aromatic ring is 1. The van der Waals surface area contributed by atoms with Crippen molar-refractivity contribution in [1.29, 1.82) is 0 Å². The maximum absolute atomic E-state index is 5.47. The Morgan fingerprint density at radius 1 is 1.16 bits per heavy atom. The van der Waals surface area contributed by atoms with Crippen molar-refractivity contribution in [2.24, 2.45) is 5.84 Å². The predicted octanol–water partition coefficient (Wildman–Crippen LogP) is 1.93. The zero-order chi connectivity index (χ0) is 14.3. The molecular weight excluding hydrogens is 244 g/mol. The van der Waals surface area contributed by atoms with Crippen molar-refractivity contribution in [2.45, 2.75) is 59.1 Å². The highest BCUT2D eigenvalue weighted by atomic mass is 16.5. The van der Waals surface area contributed by atoms with Crippen LogP contribution in [0, 0.1) is 0 Å². The molecule has 1 aromatic heterocycles. The van der Waals surface area contributed by atoms with Crippen LogP contribution in [0.1, 0.15) is 47.0 Å². The second-order valence-corrected chi connectivity index (χ2v) is 4.61. The van der Waals surface area contributed by atoms with E-state index in [9.17, 15) is 0 Å². The topological polar surface area (TPSA) is 98.0 Å². The molecular formula is C12H24N6O. The smallest absolute Gasteiger partial charge is 0.323 e. The third-order valence-electron chi connectivity index (χ3n) is 2.55. The van der Waals surface area contributed by atoms with Crippen molar-refractivity contribution in [1.82, 2.24) is 15.0 Å². The van der Waals surface area contributed by atoms with Gasteiger partial charge in [0.05, 0.1) is 6.10 Å². The van der Waals surface area contributed by atoms with E-state index >= 15 is 0 Å². The first-order valence-corrected chi connectivity index (χ1v) is 6.74. The van der Waals surface area contributed by atoms with Crippen molar-refractivity contribution in [2.75, 3.05) is 10.7 Å². The lowest BCUT2D eigenvalue weighted by Gasteiger charge is -2.17. The molecule has 0 aliphatic carbocycles. The number of hydrogen-bond acceptors (Lipinski definition) is 7. The number of ether oxygens (including phenoxy) is 1. The van der Waals surface area contributed by atoms with Gasteiger partial charge in [-0.25, -0.2) is 5.84 Å². The van der Waals surface area contributed by atoms with Gasteiger partial charge < -0.3 is 10.1 Å². The van der Waals surface area contributed by atoms with Gasteiger partial charge in [-0.3, -0.25) is 5.43 Å². The van der Waals surface area contributed by atoms with E-state index < -0.39 is 0 Å². The van der Waals surface area contributed by atoms with E-state index in [4.69, 9.17) is 10.6 Å². The van der Waals surface area contributed by atoms with Crippen molar-refractivity contribution in [3.05, 3.63) is 0 Å². The Morgan fingerprint density at radius 3 is 2.37 bits per heavy atom. The molecule has 0 aliphatic rings. The molecule has 19 heavy (non-hydrogen) atoms. The molecule has 0 fully saturated rings. The van der Waals surface area contributed by atoms with Crippen LogP contribution in [-0.2, 0) is 0 Å². The zero-order valence-electron chi connectivity index (χ0n) is 12.1. The summed E-state index contributed by atoms with van der Waals surface area (Å²) in [6.45, 7) is 8.11. The highest BCUT2D eigenvalue weighted by Crippen LogP contribution is 2.14. The SMILES string of the molecule is CCCC(CC)Nc1nc(NN)nc(OC(C)C)n1. The van der Waals surface area contributed by atoms with Crippen LogP contribution in [0.2, 0.25) is 0 Å². The predicted molar refractivity (Wildman–Crippen MR) is 76.0 cm³/mol. The molecule has 1 heterocycles. The van der Waals surface area contributed by atoms with Gasteiger partial charge in [0.1, 0.15) is 0 Å². The minimum atomic E-state index is -0.00140. The van der Waals surface area contributed by atoms with E-state index in [1.807, 2.05) is 13.8 Å². The molecule has 0 saturated carbocycles. The maximum atomic E-state index is 5.47. The van der Waals surface area contributed by atoms with Gasteiger partial charge in [-0.1, -0.05) is 20.3 Å². The maximum Gasteiger partial charge on any atom is 0.323 e. The van der Waals surface area contributed by atoms with Crippen LogP contribution in [0.3, 0.4) is 0 Å². The number of nitrogens with one attached hydrogen (secondary N) is 2. The first-order chi connectivity index (χ1) is 9.08. The zero-order valence-corrected chi connectivity index (χ0v) is 12.1. The van der Waals surface area contributed by atoms with Crippen LogP contribution in [0.5, 0.6) is 6.01 Å². The number of hydrogen-bond donors (Lipinski definition) is 3. The summed E-state index contributed by atoms with van der Waals surface area (Å²) in [4.78, 5) is 12.5. The van der Waals surface area contributed by atoms with Crippen molar-refractivity contribution in [3.63, 3.8) is 0 Å². The molecule has 0 amide bonds. The Kier molecular flexibility index (Phi) is 6.27. The fourth-order valence-electron chi connectivity index (χ4n) is 1.66. The van der Waals surface area contributed by atoms with Crippen LogP contribution >= 0.6 is 0 Å². The van der Waals surface area contributed by atoms with E-state index in [2.05, 4.69) is 39.5 Å². The average Bonchev–Trinajstić information content (AvgIpc) is 2.37. The third-order valence-corrected chi connectivity index (χ3v) is 2.55. The molecule has 0 aromatic carbocycles. The van der Waals surface area contributed by atoms with Gasteiger partial charge in [0, 0.05) is 6.04 Å². The van der Waals surface area contributed by atoms with Crippen molar-refractivity contribution < 1.29 is 4.74 Å². The standard InChI is InChI=1S/C12H24N6O/c1-5-7-9(6-2)14-10-15-11(18-13)17-12(16-10)19-8(3)4/h8-9H,5-7,13H2,1-4H3,(H2,14,15,16,17,18). The van der Waals surface area contributed by atoms with Gasteiger partial charge in [0.2, 0.25) is 11.9 Å². The van der Waals surface area contributed by atoms with E-state index in [1.54, 1.807) is 0 Å². The molecule has 108 valence electrons. The molecule has 1 aromatic rings. The third kappa shape index (κ3) is 5.25. The van der Waals surface area contributed by atoms with E-state index in [0.29, 0.717) is 17.9 Å². The molecule has 7 heteroatoms. The molecule has 0 bridgehead atoms. The lowest BCUT2D eigenvalue weighted by atomic mass is 10.1. The number of hydrazine groups is 1. The summed E-state index contributed by atoms with van der Waals surface area (Å²) in [6.07, 6.45) is 3.17. The monoisotopic (exact) mass is 268 g/mol. The minimum Gasteiger partial charge on any atom is -0.461 e. The fourth-order valence-corrected chi connectivity index (χ4v) is 1.66. The van der Waals surface area contributed by atoms with Crippen LogP contribution < -0.4 is 21.3 Å². The highest BCUT2D eigenvalue weighted by molar-refractivity contribution is 5.35. The van der Waals surface area contributed by atoms with Gasteiger partial charge in [-0.15, -0.1) is 0 Å². The molecule has 0 aliphatic heterocycles. The number of anilines is 2. The summed E-state index contributed by atoms with van der Waals surface area (Å²) in [5.41, 5.74) is 2.42. The quantitative estimate of drug-likeness (QED) is 0.489. The van der Waals surface area contributed by atoms with E-state index in [1.165, 1.54) is 0 Å². The first kappa shape index (κ1) is 15.4. The number of rotatable bonds is 8. The van der Waals surface area contributed by atoms with Gasteiger partial charge in [0.15, 0.2) is 0 Å². The molecule has 0 spiro atoms. The van der Waals surface area contributed by atoms with Gasteiger partial charge in [0.25, 0.3) is 0 Å². The second kappa shape index (κ2) is 7.73. The van der Waals surface area contributed by atoms with Gasteiger partial charge in [-0.05, 0) is 26.7 Å². The number of nitrogens with zero attached hydrogens (tertiary/aromatic N) is 3.